The van der Waals surface area contributed by atoms with Gasteiger partial charge in [-0.2, -0.15) is 11.8 Å². The van der Waals surface area contributed by atoms with Crippen molar-refractivity contribution in [3.63, 3.8) is 0 Å². The third-order valence-corrected chi connectivity index (χ3v) is 4.88. The van der Waals surface area contributed by atoms with Crippen LogP contribution < -0.4 is 14.8 Å². The molecule has 0 amide bonds. The van der Waals surface area contributed by atoms with Gasteiger partial charge in [0.2, 0.25) is 0 Å². The molecule has 2 rings (SSSR count). The molecule has 0 aliphatic heterocycles. The van der Waals surface area contributed by atoms with Crippen molar-refractivity contribution in [1.82, 2.24) is 5.32 Å². The van der Waals surface area contributed by atoms with E-state index in [-0.39, 0.29) is 0 Å². The predicted octanol–water partition coefficient (Wildman–Crippen LogP) is 3.34. The number of benzene rings is 1. The number of nitrogens with one attached hydrogen (secondary N) is 1. The first kappa shape index (κ1) is 15.5. The zero-order chi connectivity index (χ0) is 14.2. The van der Waals surface area contributed by atoms with Crippen LogP contribution in [0.25, 0.3) is 0 Å². The van der Waals surface area contributed by atoms with Crippen LogP contribution in [0.1, 0.15) is 26.2 Å². The molecule has 3 nitrogen and oxygen atoms in total. The van der Waals surface area contributed by atoms with E-state index < -0.39 is 0 Å². The fraction of sp³-hybridized carbons (Fsp3) is 0.625. The van der Waals surface area contributed by atoms with Gasteiger partial charge in [-0.1, -0.05) is 19.1 Å². The fourth-order valence-electron chi connectivity index (χ4n) is 2.67. The number of para-hydroxylation sites is 2. The Bertz CT molecular complexity index is 400. The molecule has 1 aromatic carbocycles. The summed E-state index contributed by atoms with van der Waals surface area (Å²) in [4.78, 5) is 0. The third-order valence-electron chi connectivity index (χ3n) is 3.65. The normalized spacial score (nSPS) is 21.9. The van der Waals surface area contributed by atoms with Gasteiger partial charge in [0.1, 0.15) is 6.61 Å². The van der Waals surface area contributed by atoms with E-state index in [1.165, 1.54) is 25.0 Å². The van der Waals surface area contributed by atoms with Gasteiger partial charge in [-0.3, -0.25) is 0 Å². The molecular formula is C16H25NO2S. The molecule has 0 bridgehead atoms. The van der Waals surface area contributed by atoms with Gasteiger partial charge < -0.3 is 14.8 Å². The molecule has 4 heteroatoms. The average Bonchev–Trinajstić information content (AvgIpc) is 2.92. The lowest BCUT2D eigenvalue weighted by molar-refractivity contribution is 0.286. The van der Waals surface area contributed by atoms with E-state index in [1.807, 2.05) is 24.3 Å². The maximum Gasteiger partial charge on any atom is 0.161 e. The van der Waals surface area contributed by atoms with Crippen molar-refractivity contribution < 1.29 is 9.47 Å². The van der Waals surface area contributed by atoms with Crippen LogP contribution in [-0.4, -0.2) is 37.3 Å². The molecule has 1 saturated carbocycles. The van der Waals surface area contributed by atoms with Crippen LogP contribution in [0.3, 0.4) is 0 Å². The second-order valence-corrected chi connectivity index (χ2v) is 6.62. The highest BCUT2D eigenvalue weighted by molar-refractivity contribution is 7.99. The van der Waals surface area contributed by atoms with Gasteiger partial charge in [-0.15, -0.1) is 0 Å². The lowest BCUT2D eigenvalue weighted by Crippen LogP contribution is -2.30. The lowest BCUT2D eigenvalue weighted by atomic mass is 10.2. The van der Waals surface area contributed by atoms with Crippen LogP contribution in [0.5, 0.6) is 11.5 Å². The van der Waals surface area contributed by atoms with Crippen molar-refractivity contribution in [1.29, 1.82) is 0 Å². The monoisotopic (exact) mass is 295 g/mol. The third kappa shape index (κ3) is 4.60. The Kier molecular flexibility index (Phi) is 6.54. The Balaban J connectivity index is 1.64. The number of ether oxygens (including phenoxy) is 2. The van der Waals surface area contributed by atoms with Gasteiger partial charge in [0.25, 0.3) is 0 Å². The first-order valence-electron chi connectivity index (χ1n) is 7.44. The molecule has 0 saturated heterocycles. The Labute approximate surface area is 126 Å². The quantitative estimate of drug-likeness (QED) is 0.745. The summed E-state index contributed by atoms with van der Waals surface area (Å²) in [5.41, 5.74) is 0. The van der Waals surface area contributed by atoms with E-state index in [0.29, 0.717) is 12.6 Å². The Morgan fingerprint density at radius 2 is 2.05 bits per heavy atom. The smallest absolute Gasteiger partial charge is 0.161 e. The second kappa shape index (κ2) is 8.42. The summed E-state index contributed by atoms with van der Waals surface area (Å²) in [7, 11) is 1.67. The van der Waals surface area contributed by atoms with Crippen molar-refractivity contribution in [2.45, 2.75) is 37.5 Å². The molecule has 1 aliphatic carbocycles. The van der Waals surface area contributed by atoms with E-state index in [4.69, 9.17) is 9.47 Å². The number of thioether (sulfide) groups is 1. The molecule has 1 fully saturated rings. The largest absolute Gasteiger partial charge is 0.493 e. The van der Waals surface area contributed by atoms with Crippen molar-refractivity contribution in [2.75, 3.05) is 26.0 Å². The summed E-state index contributed by atoms with van der Waals surface area (Å²) in [6.45, 7) is 3.82. The SMILES string of the molecule is CCSC1CCC(NCCOc2ccccc2OC)C1. The molecule has 20 heavy (non-hydrogen) atoms. The summed E-state index contributed by atoms with van der Waals surface area (Å²) >= 11 is 2.10. The minimum absolute atomic E-state index is 0.667. The van der Waals surface area contributed by atoms with Gasteiger partial charge in [0.15, 0.2) is 11.5 Å². The highest BCUT2D eigenvalue weighted by Gasteiger charge is 2.23. The predicted molar refractivity (Wildman–Crippen MR) is 86.1 cm³/mol. The summed E-state index contributed by atoms with van der Waals surface area (Å²) < 4.78 is 11.0. The van der Waals surface area contributed by atoms with E-state index >= 15 is 0 Å². The first-order chi connectivity index (χ1) is 9.83. The van der Waals surface area contributed by atoms with E-state index in [0.717, 1.165) is 23.3 Å². The molecule has 0 heterocycles. The highest BCUT2D eigenvalue weighted by Crippen LogP contribution is 2.29. The number of hydrogen-bond donors (Lipinski definition) is 1. The molecule has 1 aliphatic rings. The topological polar surface area (TPSA) is 30.5 Å². The summed E-state index contributed by atoms with van der Waals surface area (Å²) in [5, 5.41) is 4.45. The van der Waals surface area contributed by atoms with Crippen molar-refractivity contribution >= 4 is 11.8 Å². The molecule has 2 atom stereocenters. The van der Waals surface area contributed by atoms with Crippen LogP contribution in [0, 0.1) is 0 Å². The first-order valence-corrected chi connectivity index (χ1v) is 8.49. The maximum atomic E-state index is 5.77. The molecule has 1 N–H and O–H groups in total. The summed E-state index contributed by atoms with van der Waals surface area (Å²) in [6, 6.07) is 8.46. The fourth-order valence-corrected chi connectivity index (χ4v) is 3.82. The van der Waals surface area contributed by atoms with Crippen molar-refractivity contribution in [3.8, 4) is 11.5 Å². The maximum absolute atomic E-state index is 5.77. The second-order valence-electron chi connectivity index (χ2n) is 5.04. The Morgan fingerprint density at radius 3 is 2.80 bits per heavy atom. The van der Waals surface area contributed by atoms with Crippen LogP contribution >= 0.6 is 11.8 Å². The van der Waals surface area contributed by atoms with Crippen LogP contribution in [0.2, 0.25) is 0 Å². The zero-order valence-electron chi connectivity index (χ0n) is 12.4. The van der Waals surface area contributed by atoms with Crippen LogP contribution in [-0.2, 0) is 0 Å². The molecular weight excluding hydrogens is 270 g/mol. The molecule has 0 spiro atoms. The summed E-state index contributed by atoms with van der Waals surface area (Å²) in [6.07, 6.45) is 3.95. The van der Waals surface area contributed by atoms with Gasteiger partial charge in [0, 0.05) is 17.8 Å². The molecule has 0 aromatic heterocycles. The Morgan fingerprint density at radius 1 is 1.25 bits per heavy atom. The lowest BCUT2D eigenvalue weighted by Gasteiger charge is -2.14. The molecule has 2 unspecified atom stereocenters. The van der Waals surface area contributed by atoms with E-state index in [1.54, 1.807) is 7.11 Å². The number of hydrogen-bond acceptors (Lipinski definition) is 4. The number of rotatable bonds is 8. The van der Waals surface area contributed by atoms with Crippen LogP contribution in [0.4, 0.5) is 0 Å². The van der Waals surface area contributed by atoms with E-state index in [9.17, 15) is 0 Å². The molecule has 1 aromatic rings. The molecule has 0 radical (unpaired) electrons. The molecule has 112 valence electrons. The highest BCUT2D eigenvalue weighted by atomic mass is 32.2. The standard InChI is InChI=1S/C16H25NO2S/c1-3-20-14-9-8-13(12-14)17-10-11-19-16-7-5-4-6-15(16)18-2/h4-7,13-14,17H,3,8-12H2,1-2H3. The minimum Gasteiger partial charge on any atom is -0.493 e. The van der Waals surface area contributed by atoms with Gasteiger partial charge in [0.05, 0.1) is 7.11 Å². The van der Waals surface area contributed by atoms with Crippen molar-refractivity contribution in [3.05, 3.63) is 24.3 Å². The van der Waals surface area contributed by atoms with Gasteiger partial charge in [-0.05, 0) is 37.1 Å². The van der Waals surface area contributed by atoms with Crippen LogP contribution in [0.15, 0.2) is 24.3 Å². The minimum atomic E-state index is 0.667. The summed E-state index contributed by atoms with van der Waals surface area (Å²) in [5.74, 6) is 2.85. The van der Waals surface area contributed by atoms with Gasteiger partial charge >= 0.3 is 0 Å². The average molecular weight is 295 g/mol. The van der Waals surface area contributed by atoms with Gasteiger partial charge in [-0.25, -0.2) is 0 Å². The Hall–Kier alpha value is -0.870. The van der Waals surface area contributed by atoms with Crippen molar-refractivity contribution in [2.24, 2.45) is 0 Å². The zero-order valence-corrected chi connectivity index (χ0v) is 13.2. The van der Waals surface area contributed by atoms with E-state index in [2.05, 4.69) is 24.0 Å². The number of methoxy groups -OCH3 is 1.